The van der Waals surface area contributed by atoms with Crippen LogP contribution >= 0.6 is 0 Å². The smallest absolute Gasteiger partial charge is 0.334 e. The number of amides is 1. The van der Waals surface area contributed by atoms with Crippen LogP contribution in [0.4, 0.5) is 17.6 Å². The Kier molecular flexibility index (Phi) is 7.85. The van der Waals surface area contributed by atoms with Gasteiger partial charge >= 0.3 is 5.92 Å². The van der Waals surface area contributed by atoms with Gasteiger partial charge in [0.05, 0.1) is 16.8 Å². The maximum Gasteiger partial charge on any atom is 0.334 e. The number of hydrazone groups is 1. The lowest BCUT2D eigenvalue weighted by Crippen LogP contribution is -2.39. The molecule has 0 atom stereocenters. The fourth-order valence-corrected chi connectivity index (χ4v) is 3.60. The third-order valence-corrected chi connectivity index (χ3v) is 5.55. The van der Waals surface area contributed by atoms with Gasteiger partial charge in [0.2, 0.25) is 0 Å². The second-order valence-corrected chi connectivity index (χ2v) is 8.86. The fraction of sp³-hybridized carbons (Fsp3) is 0.308. The van der Waals surface area contributed by atoms with Crippen LogP contribution in [-0.4, -0.2) is 38.3 Å². The van der Waals surface area contributed by atoms with Gasteiger partial charge in [-0.2, -0.15) is 19.0 Å². The zero-order valence-corrected chi connectivity index (χ0v) is 21.2. The summed E-state index contributed by atoms with van der Waals surface area (Å²) < 4.78 is 62.0. The number of aromatic nitrogens is 2. The number of carbonyl (C=O) groups excluding carboxylic acids is 1. The van der Waals surface area contributed by atoms with Crippen molar-refractivity contribution < 1.29 is 22.4 Å². The predicted octanol–water partition coefficient (Wildman–Crippen LogP) is 5.71. The average Bonchev–Trinajstić information content (AvgIpc) is 3.18. The van der Waals surface area contributed by atoms with E-state index in [0.717, 1.165) is 18.2 Å². The van der Waals surface area contributed by atoms with E-state index in [1.54, 1.807) is 27.8 Å². The van der Waals surface area contributed by atoms with Crippen LogP contribution in [0.25, 0.3) is 10.9 Å². The number of hydrogen-bond donors (Lipinski definition) is 2. The number of nitrogens with one attached hydrogen (secondary N) is 2. The van der Waals surface area contributed by atoms with E-state index in [4.69, 9.17) is 5.41 Å². The number of nitrogens with zero attached hydrogens (tertiary/aromatic N) is 4. The number of halogens is 4. The van der Waals surface area contributed by atoms with Gasteiger partial charge in [0.1, 0.15) is 11.6 Å². The van der Waals surface area contributed by atoms with E-state index in [2.05, 4.69) is 22.1 Å². The number of alkyl halides is 2. The summed E-state index contributed by atoms with van der Waals surface area (Å²) in [6, 6.07) is 5.37. The maximum atomic E-state index is 15.5. The molecule has 0 spiro atoms. The van der Waals surface area contributed by atoms with E-state index in [-0.39, 0.29) is 45.9 Å². The molecule has 0 aliphatic heterocycles. The minimum absolute atomic E-state index is 0.0141. The van der Waals surface area contributed by atoms with Crippen molar-refractivity contribution >= 4 is 28.4 Å². The molecule has 0 fully saturated rings. The van der Waals surface area contributed by atoms with E-state index < -0.39 is 34.9 Å². The van der Waals surface area contributed by atoms with Crippen molar-refractivity contribution in [2.45, 2.75) is 46.1 Å². The van der Waals surface area contributed by atoms with Crippen LogP contribution in [0.5, 0.6) is 0 Å². The number of rotatable bonds is 8. The Bertz CT molecular complexity index is 1410. The number of allylic oxidation sites excluding steroid dienone is 1. The summed E-state index contributed by atoms with van der Waals surface area (Å²) in [6.07, 6.45) is 1.59. The van der Waals surface area contributed by atoms with Crippen LogP contribution in [0.3, 0.4) is 0 Å². The summed E-state index contributed by atoms with van der Waals surface area (Å²) >= 11 is 0. The van der Waals surface area contributed by atoms with Crippen molar-refractivity contribution in [1.29, 1.82) is 5.41 Å². The molecule has 0 bridgehead atoms. The Morgan fingerprint density at radius 2 is 1.92 bits per heavy atom. The Balaban J connectivity index is 2.00. The Labute approximate surface area is 212 Å². The topological polar surface area (TPSA) is 86.4 Å². The highest BCUT2D eigenvalue weighted by atomic mass is 19.3. The van der Waals surface area contributed by atoms with Crippen molar-refractivity contribution in [3.63, 3.8) is 0 Å². The molecule has 1 heterocycles. The Morgan fingerprint density at radius 1 is 1.24 bits per heavy atom. The van der Waals surface area contributed by atoms with Crippen LogP contribution in [0.1, 0.15) is 55.6 Å². The summed E-state index contributed by atoms with van der Waals surface area (Å²) in [6.45, 7) is 10.2. The first-order chi connectivity index (χ1) is 17.3. The lowest BCUT2D eigenvalue weighted by Gasteiger charge is -2.28. The lowest BCUT2D eigenvalue weighted by atomic mass is 10.0. The first kappa shape index (κ1) is 27.6. The van der Waals surface area contributed by atoms with Gasteiger partial charge in [0, 0.05) is 47.6 Å². The van der Waals surface area contributed by atoms with Crippen LogP contribution in [-0.2, 0) is 13.0 Å². The van der Waals surface area contributed by atoms with E-state index in [1.807, 2.05) is 0 Å². The van der Waals surface area contributed by atoms with Gasteiger partial charge in [-0.05, 0) is 51.5 Å². The molecule has 3 rings (SSSR count). The number of carbonyl (C=O) groups is 1. The summed E-state index contributed by atoms with van der Waals surface area (Å²) in [5, 5.41) is 19.8. The van der Waals surface area contributed by atoms with Gasteiger partial charge in [-0.15, -0.1) is 0 Å². The summed E-state index contributed by atoms with van der Waals surface area (Å²) in [5.74, 6) is -7.96. The van der Waals surface area contributed by atoms with Crippen molar-refractivity contribution in [2.75, 3.05) is 0 Å². The molecule has 11 heteroatoms. The number of fused-ring (bicyclic) bond motifs is 1. The van der Waals surface area contributed by atoms with E-state index >= 15 is 8.78 Å². The molecule has 0 aliphatic carbocycles. The lowest BCUT2D eigenvalue weighted by molar-refractivity contribution is 0.0574. The van der Waals surface area contributed by atoms with E-state index in [1.165, 1.54) is 29.9 Å². The third-order valence-electron chi connectivity index (χ3n) is 5.55. The fourth-order valence-electron chi connectivity index (χ4n) is 3.60. The average molecular weight is 517 g/mol. The zero-order valence-electron chi connectivity index (χ0n) is 21.2. The van der Waals surface area contributed by atoms with Crippen LogP contribution in [0, 0.1) is 17.0 Å². The highest BCUT2D eigenvalue weighted by Crippen LogP contribution is 2.36. The molecule has 0 radical (unpaired) electrons. The monoisotopic (exact) mass is 516 g/mol. The number of aryl methyl sites for hydroxylation is 1. The van der Waals surface area contributed by atoms with Crippen LogP contribution < -0.4 is 5.32 Å². The molecular formula is C26H28F4N6O. The minimum Gasteiger partial charge on any atom is -0.350 e. The third kappa shape index (κ3) is 5.71. The number of amidine groups is 1. The molecule has 0 unspecified atom stereocenters. The highest BCUT2D eigenvalue weighted by molar-refractivity contribution is 6.02. The predicted molar refractivity (Wildman–Crippen MR) is 135 cm³/mol. The molecule has 7 nitrogen and oxygen atoms in total. The summed E-state index contributed by atoms with van der Waals surface area (Å²) in [7, 11) is 1.57. The standard InChI is InChI=1S/C26H28F4N6O/c1-7-15(4)36(33-16(5)19-9-8-17(11-21(19)27)24(37)32-14(2)3)25(31)26(29,30)20-10-18-13-35(6)34-23(18)12-22(20)28/h8-14,31H,4,7H2,1-3,5-6H3,(H,32,37). The SMILES string of the molecule is C=C(CC)N(N=C(C)c1ccc(C(=O)NC(C)C)cc1F)C(=N)C(F)(F)c1cc2cn(C)nc2cc1F. The molecule has 1 aromatic heterocycles. The maximum absolute atomic E-state index is 15.5. The Hall–Kier alpha value is -4.02. The van der Waals surface area contributed by atoms with Crippen molar-refractivity contribution in [3.8, 4) is 0 Å². The van der Waals surface area contributed by atoms with Crippen LogP contribution in [0.2, 0.25) is 0 Å². The molecule has 196 valence electrons. The van der Waals surface area contributed by atoms with Gasteiger partial charge in [-0.25, -0.2) is 13.8 Å². The molecule has 0 aliphatic rings. The normalized spacial score (nSPS) is 12.2. The van der Waals surface area contributed by atoms with E-state index in [0.29, 0.717) is 5.01 Å². The van der Waals surface area contributed by atoms with Gasteiger partial charge in [-0.3, -0.25) is 14.9 Å². The van der Waals surface area contributed by atoms with Gasteiger partial charge in [0.15, 0.2) is 5.84 Å². The van der Waals surface area contributed by atoms with Crippen molar-refractivity contribution in [2.24, 2.45) is 12.1 Å². The summed E-state index contributed by atoms with van der Waals surface area (Å²) in [5.41, 5.74) is -0.846. The Morgan fingerprint density at radius 3 is 2.51 bits per heavy atom. The molecule has 0 saturated carbocycles. The minimum atomic E-state index is -4.10. The quantitative estimate of drug-likeness (QED) is 0.174. The largest absolute Gasteiger partial charge is 0.350 e. The number of benzene rings is 2. The summed E-state index contributed by atoms with van der Waals surface area (Å²) in [4.78, 5) is 12.2. The highest BCUT2D eigenvalue weighted by Gasteiger charge is 2.44. The van der Waals surface area contributed by atoms with Crippen molar-refractivity contribution in [1.82, 2.24) is 20.1 Å². The van der Waals surface area contributed by atoms with Gasteiger partial charge in [-0.1, -0.05) is 13.5 Å². The van der Waals surface area contributed by atoms with Gasteiger partial charge < -0.3 is 5.32 Å². The first-order valence-electron chi connectivity index (χ1n) is 11.5. The second-order valence-electron chi connectivity index (χ2n) is 8.86. The molecule has 2 N–H and O–H groups in total. The van der Waals surface area contributed by atoms with Gasteiger partial charge in [0.25, 0.3) is 5.91 Å². The molecule has 3 aromatic rings. The van der Waals surface area contributed by atoms with Crippen molar-refractivity contribution in [3.05, 3.63) is 77.1 Å². The molecular weight excluding hydrogens is 488 g/mol. The van der Waals surface area contributed by atoms with Crippen LogP contribution in [0.15, 0.2) is 53.9 Å². The number of hydrogen-bond acceptors (Lipinski definition) is 4. The second kappa shape index (κ2) is 10.5. The first-order valence-corrected chi connectivity index (χ1v) is 11.5. The molecule has 37 heavy (non-hydrogen) atoms. The zero-order chi connectivity index (χ0) is 27.7. The molecule has 1 amide bonds. The van der Waals surface area contributed by atoms with E-state index in [9.17, 15) is 13.6 Å². The molecule has 0 saturated heterocycles. The molecule has 2 aromatic carbocycles.